The molecule has 256 valence electrons. The van der Waals surface area contributed by atoms with E-state index in [-0.39, 0.29) is 34.1 Å². The van der Waals surface area contributed by atoms with Crippen molar-refractivity contribution in [3.05, 3.63) is 23.8 Å². The Labute approximate surface area is 272 Å². The molecular formula is C37H76O4Si2. The fraction of sp³-hybridized carbons (Fsp3) is 0.892. The first kappa shape index (κ1) is 42.8. The second-order valence-corrected chi connectivity index (χ2v) is 26.5. The van der Waals surface area contributed by atoms with Crippen LogP contribution in [0.25, 0.3) is 0 Å². The number of hydrogen-bond donors (Lipinski definition) is 0. The summed E-state index contributed by atoms with van der Waals surface area (Å²) in [5, 5.41) is 0.366. The molecule has 4 nitrogen and oxygen atoms in total. The van der Waals surface area contributed by atoms with Crippen LogP contribution in [-0.4, -0.2) is 49.4 Å². The summed E-state index contributed by atoms with van der Waals surface area (Å²) in [6.45, 7) is 43.1. The van der Waals surface area contributed by atoms with Crippen LogP contribution in [-0.2, 0) is 18.3 Å². The number of rotatable bonds is 19. The van der Waals surface area contributed by atoms with E-state index in [0.29, 0.717) is 37.1 Å². The fourth-order valence-corrected chi connectivity index (χ4v) is 8.02. The molecular weight excluding hydrogens is 565 g/mol. The van der Waals surface area contributed by atoms with Gasteiger partial charge >= 0.3 is 0 Å². The molecule has 0 heterocycles. The molecule has 0 aromatic heterocycles. The summed E-state index contributed by atoms with van der Waals surface area (Å²) in [6, 6.07) is 0. The highest BCUT2D eigenvalue weighted by Crippen LogP contribution is 2.42. The summed E-state index contributed by atoms with van der Waals surface area (Å²) in [5.74, 6) is 2.44. The molecule has 0 aromatic carbocycles. The maximum Gasteiger partial charge on any atom is 0.192 e. The molecule has 0 saturated heterocycles. The molecule has 0 aliphatic carbocycles. The third-order valence-electron chi connectivity index (χ3n) is 10.8. The second kappa shape index (κ2) is 18.2. The van der Waals surface area contributed by atoms with Gasteiger partial charge in [-0.15, -0.1) is 0 Å². The number of hydrogen-bond acceptors (Lipinski definition) is 4. The maximum absolute atomic E-state index is 7.27. The van der Waals surface area contributed by atoms with E-state index in [4.69, 9.17) is 18.3 Å². The van der Waals surface area contributed by atoms with Gasteiger partial charge in [-0.3, -0.25) is 0 Å². The Morgan fingerprint density at radius 1 is 0.744 bits per heavy atom. The van der Waals surface area contributed by atoms with Gasteiger partial charge in [0, 0.05) is 25.6 Å². The molecule has 43 heavy (non-hydrogen) atoms. The van der Waals surface area contributed by atoms with Crippen molar-refractivity contribution >= 4 is 16.6 Å². The van der Waals surface area contributed by atoms with E-state index < -0.39 is 16.6 Å². The molecule has 0 aromatic rings. The monoisotopic (exact) mass is 641 g/mol. The largest absolute Gasteiger partial charge is 0.416 e. The molecule has 0 aliphatic rings. The Kier molecular flexibility index (Phi) is 18.1. The van der Waals surface area contributed by atoms with Crippen LogP contribution in [0.3, 0.4) is 0 Å². The number of ether oxygens (including phenoxy) is 2. The zero-order valence-corrected chi connectivity index (χ0v) is 34.3. The van der Waals surface area contributed by atoms with Gasteiger partial charge in [0.1, 0.15) is 6.79 Å². The van der Waals surface area contributed by atoms with Gasteiger partial charge in [0.15, 0.2) is 16.6 Å². The summed E-state index contributed by atoms with van der Waals surface area (Å²) >= 11 is 0. The van der Waals surface area contributed by atoms with Crippen LogP contribution < -0.4 is 0 Å². The minimum atomic E-state index is -1.95. The highest BCUT2D eigenvalue weighted by molar-refractivity contribution is 6.74. The van der Waals surface area contributed by atoms with E-state index in [1.165, 1.54) is 5.57 Å². The van der Waals surface area contributed by atoms with Crippen molar-refractivity contribution in [1.29, 1.82) is 0 Å². The Morgan fingerprint density at radius 3 is 1.74 bits per heavy atom. The van der Waals surface area contributed by atoms with Crippen LogP contribution >= 0.6 is 0 Å². The zero-order chi connectivity index (χ0) is 34.0. The van der Waals surface area contributed by atoms with Crippen molar-refractivity contribution in [3.8, 4) is 0 Å². The summed E-state index contributed by atoms with van der Waals surface area (Å²) < 4.78 is 25.5. The van der Waals surface area contributed by atoms with E-state index in [1.807, 2.05) is 0 Å². The third-order valence-corrected chi connectivity index (χ3v) is 19.8. The van der Waals surface area contributed by atoms with E-state index in [2.05, 4.69) is 141 Å². The van der Waals surface area contributed by atoms with Gasteiger partial charge in [0.05, 0.1) is 12.2 Å². The number of allylic oxidation sites excluding steroid dienone is 3. The molecule has 6 heteroatoms. The summed E-state index contributed by atoms with van der Waals surface area (Å²) in [5.41, 5.74) is 1.41. The lowest BCUT2D eigenvalue weighted by molar-refractivity contribution is -0.106. The van der Waals surface area contributed by atoms with Gasteiger partial charge in [-0.1, -0.05) is 114 Å². The summed E-state index contributed by atoms with van der Waals surface area (Å²) in [7, 11) is -2.08. The predicted molar refractivity (Wildman–Crippen MR) is 195 cm³/mol. The van der Waals surface area contributed by atoms with Gasteiger partial charge in [-0.25, -0.2) is 0 Å². The Balaban J connectivity index is 6.03. The van der Waals surface area contributed by atoms with Crippen LogP contribution in [0.5, 0.6) is 0 Å². The minimum Gasteiger partial charge on any atom is -0.416 e. The highest BCUT2D eigenvalue weighted by Gasteiger charge is 2.43. The SMILES string of the molecule is CC/C=C\C(C)[C@H](C)[C@@H](C)[C@H](O[Si](C)(C)C(C)(C)C)[C@@H](C)C/C(C)=C\[C@H](C)[C@@H](OCOC)C(C)CO[Si](C)(C)C(C)(C)C. The molecule has 8 atom stereocenters. The molecule has 0 spiro atoms. The summed E-state index contributed by atoms with van der Waals surface area (Å²) in [4.78, 5) is 0. The molecule has 0 saturated carbocycles. The molecule has 0 amide bonds. The van der Waals surface area contributed by atoms with Crippen molar-refractivity contribution in [1.82, 2.24) is 0 Å². The van der Waals surface area contributed by atoms with Crippen LogP contribution in [0.1, 0.15) is 110 Å². The minimum absolute atomic E-state index is 0.0272. The lowest BCUT2D eigenvalue weighted by Crippen LogP contribution is -2.48. The number of methoxy groups -OCH3 is 1. The summed E-state index contributed by atoms with van der Waals surface area (Å²) in [6.07, 6.45) is 9.50. The van der Waals surface area contributed by atoms with Crippen LogP contribution in [0.2, 0.25) is 36.3 Å². The van der Waals surface area contributed by atoms with Crippen molar-refractivity contribution in [3.63, 3.8) is 0 Å². The quantitative estimate of drug-likeness (QED) is 0.0799. The Bertz CT molecular complexity index is 837. The Morgan fingerprint density at radius 2 is 1.28 bits per heavy atom. The molecule has 0 aliphatic heterocycles. The van der Waals surface area contributed by atoms with Crippen LogP contribution in [0.4, 0.5) is 0 Å². The van der Waals surface area contributed by atoms with Crippen molar-refractivity contribution in [2.45, 2.75) is 158 Å². The zero-order valence-electron chi connectivity index (χ0n) is 32.3. The molecule has 0 rings (SSSR count). The lowest BCUT2D eigenvalue weighted by atomic mass is 9.77. The van der Waals surface area contributed by atoms with E-state index in [1.54, 1.807) is 7.11 Å². The van der Waals surface area contributed by atoms with Gasteiger partial charge in [0.2, 0.25) is 0 Å². The first-order valence-corrected chi connectivity index (χ1v) is 23.0. The van der Waals surface area contributed by atoms with E-state index in [9.17, 15) is 0 Å². The Hall–Kier alpha value is -0.246. The van der Waals surface area contributed by atoms with E-state index in [0.717, 1.165) is 12.8 Å². The molecule has 2 unspecified atom stereocenters. The maximum atomic E-state index is 7.27. The van der Waals surface area contributed by atoms with Gasteiger partial charge in [0.25, 0.3) is 0 Å². The fourth-order valence-electron chi connectivity index (χ4n) is 5.43. The lowest BCUT2D eigenvalue weighted by Gasteiger charge is -2.44. The average Bonchev–Trinajstić information content (AvgIpc) is 2.86. The normalized spacial score (nSPS) is 20.0. The van der Waals surface area contributed by atoms with Crippen molar-refractivity contribution < 1.29 is 18.3 Å². The topological polar surface area (TPSA) is 36.9 Å². The molecule has 0 radical (unpaired) electrons. The van der Waals surface area contributed by atoms with Gasteiger partial charge < -0.3 is 18.3 Å². The smallest absolute Gasteiger partial charge is 0.192 e. The van der Waals surface area contributed by atoms with Crippen LogP contribution in [0.15, 0.2) is 23.8 Å². The average molecular weight is 641 g/mol. The highest BCUT2D eigenvalue weighted by atomic mass is 28.4. The molecule has 0 fully saturated rings. The van der Waals surface area contributed by atoms with Crippen LogP contribution in [0, 0.1) is 35.5 Å². The third kappa shape index (κ3) is 14.0. The predicted octanol–water partition coefficient (Wildman–Crippen LogP) is 11.5. The first-order valence-electron chi connectivity index (χ1n) is 17.2. The second-order valence-electron chi connectivity index (χ2n) is 16.9. The van der Waals surface area contributed by atoms with Gasteiger partial charge in [-0.2, -0.15) is 0 Å². The first-order chi connectivity index (χ1) is 19.4. The van der Waals surface area contributed by atoms with Crippen molar-refractivity contribution in [2.75, 3.05) is 20.5 Å². The van der Waals surface area contributed by atoms with E-state index >= 15 is 0 Å². The molecule has 0 bridgehead atoms. The standard InChI is InChI=1S/C37H76O4Si2/c1-20-21-22-28(3)32(7)33(8)35(41-43(18,19)37(12,13)14)30(5)24-27(2)23-29(4)34(39-26-38-15)31(6)25-40-42(16,17)36(9,10)11/h21-23,28-35H,20,24-26H2,1-19H3/b22-21-,27-23-/t28?,29-,30-,31?,32-,33+,34+,35+/m0/s1. The molecule has 0 N–H and O–H groups in total. The van der Waals surface area contributed by atoms with Crippen molar-refractivity contribution in [2.24, 2.45) is 35.5 Å². The van der Waals surface area contributed by atoms with Gasteiger partial charge in [-0.05, 0) is 79.7 Å².